The van der Waals surface area contributed by atoms with Gasteiger partial charge in [0.05, 0.1) is 0 Å². The summed E-state index contributed by atoms with van der Waals surface area (Å²) in [5.74, 6) is -1.24. The fourth-order valence-corrected chi connectivity index (χ4v) is 4.82. The van der Waals surface area contributed by atoms with Crippen molar-refractivity contribution >= 4 is 45.3 Å². The molecule has 0 bridgehead atoms. The average Bonchev–Trinajstić information content (AvgIpc) is 3.30. The van der Waals surface area contributed by atoms with E-state index in [-0.39, 0.29) is 5.75 Å². The molecule has 0 saturated carbocycles. The van der Waals surface area contributed by atoms with E-state index in [1.807, 2.05) is 36.4 Å². The van der Waals surface area contributed by atoms with E-state index < -0.39 is 36.5 Å². The zero-order valence-corrected chi connectivity index (χ0v) is 20.1. The number of benzene rings is 3. The number of rotatable bonds is 7. The number of aromatic nitrogens is 1. The molecule has 0 radical (unpaired) electrons. The van der Waals surface area contributed by atoms with E-state index in [0.717, 1.165) is 33.3 Å². The van der Waals surface area contributed by atoms with Crippen LogP contribution in [0.15, 0.2) is 66.7 Å². The number of alkyl halides is 2. The highest BCUT2D eigenvalue weighted by molar-refractivity contribution is 6.12. The smallest absolute Gasteiger partial charge is 0.387 e. The minimum atomic E-state index is -2.98. The molecule has 1 aliphatic heterocycles. The van der Waals surface area contributed by atoms with Crippen LogP contribution in [0.2, 0.25) is 0 Å². The number of hydrogen-bond acceptors (Lipinski definition) is 4. The van der Waals surface area contributed by atoms with Gasteiger partial charge in [0, 0.05) is 34.0 Å². The second-order valence-corrected chi connectivity index (χ2v) is 8.89. The van der Waals surface area contributed by atoms with Crippen molar-refractivity contribution in [2.45, 2.75) is 32.5 Å². The van der Waals surface area contributed by atoms with E-state index in [1.54, 1.807) is 6.07 Å². The Labute approximate surface area is 210 Å². The van der Waals surface area contributed by atoms with E-state index >= 15 is 0 Å². The third kappa shape index (κ3) is 4.24. The van der Waals surface area contributed by atoms with Crippen molar-refractivity contribution in [3.63, 3.8) is 0 Å². The minimum absolute atomic E-state index is 0.0746. The standard InChI is InChI=1S/C27H24F2N4O4/c1-3-32-21-7-5-4-6-19(21)20-14-17(10-13-22(20)32)30-23(34)15-33-24(35)27(2,31-26(33)36)16-8-11-18(12-9-16)37-25(28)29/h4-14,25H,3,15H2,1-2H3,(H,30,34)(H,31,36). The number of imide groups is 1. The van der Waals surface area contributed by atoms with Crippen molar-refractivity contribution < 1.29 is 27.9 Å². The maximum atomic E-state index is 13.2. The molecule has 0 spiro atoms. The molecule has 10 heteroatoms. The molecule has 4 aromatic rings. The van der Waals surface area contributed by atoms with Crippen LogP contribution in [-0.4, -0.2) is 40.5 Å². The van der Waals surface area contributed by atoms with Crippen molar-refractivity contribution in [2.75, 3.05) is 11.9 Å². The van der Waals surface area contributed by atoms with Crippen molar-refractivity contribution in [3.05, 3.63) is 72.3 Å². The summed E-state index contributed by atoms with van der Waals surface area (Å²) in [6, 6.07) is 18.3. The largest absolute Gasteiger partial charge is 0.435 e. The van der Waals surface area contributed by atoms with Gasteiger partial charge in [-0.05, 0) is 55.8 Å². The summed E-state index contributed by atoms with van der Waals surface area (Å²) >= 11 is 0. The lowest BCUT2D eigenvalue weighted by atomic mass is 9.92. The first-order valence-corrected chi connectivity index (χ1v) is 11.7. The molecule has 1 aromatic heterocycles. The van der Waals surface area contributed by atoms with Crippen LogP contribution in [0, 0.1) is 0 Å². The predicted molar refractivity (Wildman–Crippen MR) is 134 cm³/mol. The van der Waals surface area contributed by atoms with E-state index in [0.29, 0.717) is 11.3 Å². The van der Waals surface area contributed by atoms with E-state index in [1.165, 1.54) is 31.2 Å². The maximum absolute atomic E-state index is 13.2. The number of carbonyl (C=O) groups is 3. The molecule has 2 N–H and O–H groups in total. The van der Waals surface area contributed by atoms with Crippen LogP contribution in [0.1, 0.15) is 19.4 Å². The lowest BCUT2D eigenvalue weighted by molar-refractivity contribution is -0.133. The summed E-state index contributed by atoms with van der Waals surface area (Å²) in [6.07, 6.45) is 0. The molecule has 190 valence electrons. The van der Waals surface area contributed by atoms with Gasteiger partial charge in [-0.15, -0.1) is 0 Å². The number of halogens is 2. The van der Waals surface area contributed by atoms with Gasteiger partial charge in [0.15, 0.2) is 0 Å². The third-order valence-corrected chi connectivity index (χ3v) is 6.61. The molecule has 8 nitrogen and oxygen atoms in total. The number of carbonyl (C=O) groups excluding carboxylic acids is 3. The quantitative estimate of drug-likeness (QED) is 0.352. The molecular weight excluding hydrogens is 482 g/mol. The number of nitrogens with zero attached hydrogens (tertiary/aromatic N) is 2. The number of fused-ring (bicyclic) bond motifs is 3. The Morgan fingerprint density at radius 1 is 1.03 bits per heavy atom. The molecule has 4 amide bonds. The molecule has 2 heterocycles. The van der Waals surface area contributed by atoms with Crippen LogP contribution < -0.4 is 15.4 Å². The normalized spacial score (nSPS) is 17.6. The summed E-state index contributed by atoms with van der Waals surface area (Å²) in [5, 5.41) is 7.42. The number of anilines is 1. The van der Waals surface area contributed by atoms with Gasteiger partial charge in [0.25, 0.3) is 5.91 Å². The van der Waals surface area contributed by atoms with Crippen molar-refractivity contribution in [1.82, 2.24) is 14.8 Å². The first kappa shape index (κ1) is 24.2. The Bertz CT molecular complexity index is 1530. The summed E-state index contributed by atoms with van der Waals surface area (Å²) in [7, 11) is 0. The Morgan fingerprint density at radius 3 is 2.43 bits per heavy atom. The predicted octanol–water partition coefficient (Wildman–Crippen LogP) is 4.82. The number of nitrogens with one attached hydrogen (secondary N) is 2. The van der Waals surface area contributed by atoms with Crippen molar-refractivity contribution in [1.29, 1.82) is 0 Å². The Balaban J connectivity index is 1.33. The van der Waals surface area contributed by atoms with Gasteiger partial charge in [0.1, 0.15) is 17.8 Å². The number of hydrogen-bond donors (Lipinski definition) is 2. The van der Waals surface area contributed by atoms with Crippen LogP contribution in [0.4, 0.5) is 19.3 Å². The molecule has 5 rings (SSSR count). The highest BCUT2D eigenvalue weighted by atomic mass is 19.3. The lowest BCUT2D eigenvalue weighted by Gasteiger charge is -2.22. The summed E-state index contributed by atoms with van der Waals surface area (Å²) in [5.41, 5.74) is 1.59. The van der Waals surface area contributed by atoms with E-state index in [9.17, 15) is 23.2 Å². The van der Waals surface area contributed by atoms with Gasteiger partial charge in [-0.25, -0.2) is 4.79 Å². The van der Waals surface area contributed by atoms with Crippen molar-refractivity contribution in [2.24, 2.45) is 0 Å². The first-order chi connectivity index (χ1) is 17.7. The van der Waals surface area contributed by atoms with Crippen LogP contribution in [0.5, 0.6) is 5.75 Å². The van der Waals surface area contributed by atoms with Gasteiger partial charge < -0.3 is 19.9 Å². The number of amides is 4. The van der Waals surface area contributed by atoms with Gasteiger partial charge in [-0.2, -0.15) is 8.78 Å². The van der Waals surface area contributed by atoms with Gasteiger partial charge in [0.2, 0.25) is 5.91 Å². The number of urea groups is 1. The van der Waals surface area contributed by atoms with Crippen molar-refractivity contribution in [3.8, 4) is 5.75 Å². The molecule has 0 aliphatic carbocycles. The fraction of sp³-hybridized carbons (Fsp3) is 0.222. The monoisotopic (exact) mass is 506 g/mol. The average molecular weight is 507 g/mol. The van der Waals surface area contributed by atoms with Crippen LogP contribution in [-0.2, 0) is 21.7 Å². The zero-order chi connectivity index (χ0) is 26.3. The molecular formula is C27H24F2N4O4. The molecule has 1 unspecified atom stereocenters. The van der Waals surface area contributed by atoms with E-state index in [2.05, 4.69) is 26.9 Å². The summed E-state index contributed by atoms with van der Waals surface area (Å²) in [4.78, 5) is 39.4. The van der Waals surface area contributed by atoms with Gasteiger partial charge >= 0.3 is 12.6 Å². The number of aryl methyl sites for hydroxylation is 1. The molecule has 1 atom stereocenters. The Morgan fingerprint density at radius 2 is 1.73 bits per heavy atom. The molecule has 1 aliphatic rings. The van der Waals surface area contributed by atoms with E-state index in [4.69, 9.17) is 0 Å². The number of ether oxygens (including phenoxy) is 1. The molecule has 1 saturated heterocycles. The summed E-state index contributed by atoms with van der Waals surface area (Å²) < 4.78 is 31.4. The van der Waals surface area contributed by atoms with Gasteiger partial charge in [-0.3, -0.25) is 14.5 Å². The highest BCUT2D eigenvalue weighted by Gasteiger charge is 2.49. The lowest BCUT2D eigenvalue weighted by Crippen LogP contribution is -2.42. The maximum Gasteiger partial charge on any atom is 0.387 e. The fourth-order valence-electron chi connectivity index (χ4n) is 4.82. The Kier molecular flexibility index (Phi) is 6.02. The van der Waals surface area contributed by atoms with Crippen LogP contribution in [0.25, 0.3) is 21.8 Å². The first-order valence-electron chi connectivity index (χ1n) is 11.7. The highest BCUT2D eigenvalue weighted by Crippen LogP contribution is 2.32. The topological polar surface area (TPSA) is 92.7 Å². The number of para-hydroxylation sites is 1. The summed E-state index contributed by atoms with van der Waals surface area (Å²) in [6.45, 7) is 0.892. The molecule has 37 heavy (non-hydrogen) atoms. The second kappa shape index (κ2) is 9.20. The third-order valence-electron chi connectivity index (χ3n) is 6.61. The van der Waals surface area contributed by atoms with Crippen LogP contribution >= 0.6 is 0 Å². The van der Waals surface area contributed by atoms with Crippen LogP contribution in [0.3, 0.4) is 0 Å². The molecule has 3 aromatic carbocycles. The minimum Gasteiger partial charge on any atom is -0.435 e. The zero-order valence-electron chi connectivity index (χ0n) is 20.1. The Hall–Kier alpha value is -4.47. The SMILES string of the molecule is CCn1c2ccccc2c2cc(NC(=O)CN3C(=O)NC(C)(c4ccc(OC(F)F)cc4)C3=O)ccc21. The van der Waals surface area contributed by atoms with Gasteiger partial charge in [-0.1, -0.05) is 30.3 Å². The second-order valence-electron chi connectivity index (χ2n) is 8.89. The molecule has 1 fully saturated rings.